The lowest BCUT2D eigenvalue weighted by Crippen LogP contribution is -2.42. The molecular formula is C23H18N4O3. The van der Waals surface area contributed by atoms with E-state index in [0.29, 0.717) is 22.9 Å². The molecule has 0 radical (unpaired) electrons. The largest absolute Gasteiger partial charge is 0.457 e. The van der Waals surface area contributed by atoms with E-state index in [2.05, 4.69) is 15.6 Å². The zero-order valence-electron chi connectivity index (χ0n) is 15.9. The van der Waals surface area contributed by atoms with Crippen LogP contribution < -0.4 is 15.4 Å². The normalized spacial score (nSPS) is 15.3. The van der Waals surface area contributed by atoms with Crippen molar-refractivity contribution in [2.75, 3.05) is 10.6 Å². The molecule has 1 atom stereocenters. The summed E-state index contributed by atoms with van der Waals surface area (Å²) in [6, 6.07) is 23.2. The summed E-state index contributed by atoms with van der Waals surface area (Å²) in [6.07, 6.45) is 0.0500. The predicted octanol–water partition coefficient (Wildman–Crippen LogP) is 4.29. The Bertz CT molecular complexity index is 1230. The number of fused-ring (bicyclic) bond motifs is 3. The van der Waals surface area contributed by atoms with Gasteiger partial charge in [-0.25, -0.2) is 9.55 Å². The first kappa shape index (κ1) is 17.9. The van der Waals surface area contributed by atoms with Crippen molar-refractivity contribution in [2.45, 2.75) is 12.5 Å². The van der Waals surface area contributed by atoms with Crippen LogP contribution >= 0.6 is 0 Å². The number of carbonyl (C=O) groups excluding carboxylic acids is 2. The molecule has 30 heavy (non-hydrogen) atoms. The smallest absolute Gasteiger partial charge is 0.247 e. The first-order valence-corrected chi connectivity index (χ1v) is 9.58. The highest BCUT2D eigenvalue weighted by Gasteiger charge is 2.31. The molecule has 0 bridgehead atoms. The van der Waals surface area contributed by atoms with Crippen LogP contribution in [-0.2, 0) is 4.79 Å². The van der Waals surface area contributed by atoms with Gasteiger partial charge in [0.05, 0.1) is 17.5 Å². The van der Waals surface area contributed by atoms with Gasteiger partial charge in [-0.05, 0) is 48.5 Å². The van der Waals surface area contributed by atoms with E-state index in [4.69, 9.17) is 4.74 Å². The number of carbonyl (C=O) groups is 2. The molecule has 0 fully saturated rings. The van der Waals surface area contributed by atoms with Gasteiger partial charge in [-0.1, -0.05) is 30.3 Å². The van der Waals surface area contributed by atoms with Gasteiger partial charge in [0.2, 0.25) is 17.8 Å². The minimum atomic E-state index is -0.693. The molecule has 0 saturated heterocycles. The summed E-state index contributed by atoms with van der Waals surface area (Å²) in [7, 11) is 0. The van der Waals surface area contributed by atoms with Crippen LogP contribution in [0, 0.1) is 0 Å². The molecule has 1 aromatic heterocycles. The molecule has 1 amide bonds. The van der Waals surface area contributed by atoms with Crippen LogP contribution in [0.4, 0.5) is 11.6 Å². The van der Waals surface area contributed by atoms with Gasteiger partial charge >= 0.3 is 0 Å². The number of anilines is 2. The van der Waals surface area contributed by atoms with Crippen LogP contribution in [0.2, 0.25) is 0 Å². The maximum atomic E-state index is 12.7. The summed E-state index contributed by atoms with van der Waals surface area (Å²) in [4.78, 5) is 29.8. The van der Waals surface area contributed by atoms with Crippen LogP contribution in [0.25, 0.3) is 11.0 Å². The lowest BCUT2D eigenvalue weighted by molar-refractivity contribution is -0.117. The summed E-state index contributed by atoms with van der Waals surface area (Å²) >= 11 is 0. The topological polar surface area (TPSA) is 85.2 Å². The molecule has 148 valence electrons. The fraction of sp³-hybridized carbons (Fsp3) is 0.0870. The molecule has 1 aliphatic rings. The minimum absolute atomic E-state index is 0.0500. The Labute approximate surface area is 172 Å². The van der Waals surface area contributed by atoms with Gasteiger partial charge in [-0.3, -0.25) is 9.59 Å². The maximum Gasteiger partial charge on any atom is 0.247 e. The zero-order valence-corrected chi connectivity index (χ0v) is 15.9. The summed E-state index contributed by atoms with van der Waals surface area (Å²) < 4.78 is 7.28. The van der Waals surface area contributed by atoms with Gasteiger partial charge in [0, 0.05) is 5.69 Å². The van der Waals surface area contributed by atoms with Crippen LogP contribution in [0.3, 0.4) is 0 Å². The van der Waals surface area contributed by atoms with Crippen LogP contribution in [0.5, 0.6) is 11.5 Å². The van der Waals surface area contributed by atoms with Crippen molar-refractivity contribution in [1.29, 1.82) is 0 Å². The minimum Gasteiger partial charge on any atom is -0.457 e. The van der Waals surface area contributed by atoms with E-state index in [-0.39, 0.29) is 18.2 Å². The fourth-order valence-corrected chi connectivity index (χ4v) is 3.47. The molecule has 5 rings (SSSR count). The van der Waals surface area contributed by atoms with Crippen molar-refractivity contribution in [2.24, 2.45) is 0 Å². The molecule has 0 aliphatic carbocycles. The van der Waals surface area contributed by atoms with Gasteiger partial charge < -0.3 is 15.4 Å². The van der Waals surface area contributed by atoms with Crippen molar-refractivity contribution in [3.05, 3.63) is 78.9 Å². The van der Waals surface area contributed by atoms with Gasteiger partial charge in [0.25, 0.3) is 0 Å². The number of ether oxygens (including phenoxy) is 1. The Balaban J connectivity index is 1.28. The third-order valence-corrected chi connectivity index (χ3v) is 4.91. The highest BCUT2D eigenvalue weighted by Crippen LogP contribution is 2.26. The Morgan fingerprint density at radius 1 is 0.967 bits per heavy atom. The van der Waals surface area contributed by atoms with Gasteiger partial charge in [0.1, 0.15) is 17.5 Å². The third kappa shape index (κ3) is 3.37. The van der Waals surface area contributed by atoms with E-state index in [9.17, 15) is 9.59 Å². The summed E-state index contributed by atoms with van der Waals surface area (Å²) in [6.45, 7) is 0. The number of rotatable bonds is 4. The first-order valence-electron chi connectivity index (χ1n) is 9.58. The number of imidazole rings is 1. The second-order valence-electron chi connectivity index (χ2n) is 6.98. The maximum absolute atomic E-state index is 12.7. The van der Waals surface area contributed by atoms with E-state index >= 15 is 0 Å². The number of amides is 1. The van der Waals surface area contributed by atoms with Crippen LogP contribution in [-0.4, -0.2) is 27.4 Å². The molecule has 2 heterocycles. The molecule has 7 nitrogen and oxygen atoms in total. The van der Waals surface area contributed by atoms with E-state index in [1.54, 1.807) is 24.3 Å². The van der Waals surface area contributed by atoms with E-state index in [0.717, 1.165) is 11.3 Å². The third-order valence-electron chi connectivity index (χ3n) is 4.91. The molecule has 3 aromatic carbocycles. The predicted molar refractivity (Wildman–Crippen MR) is 114 cm³/mol. The average molecular weight is 398 g/mol. The molecule has 0 unspecified atom stereocenters. The number of hydrogen-bond donors (Lipinski definition) is 2. The van der Waals surface area contributed by atoms with Gasteiger partial charge in [-0.15, -0.1) is 0 Å². The Morgan fingerprint density at radius 2 is 1.67 bits per heavy atom. The monoisotopic (exact) mass is 398 g/mol. The SMILES string of the molecule is O=C(Nc1ccc(Oc2ccccc2)cc1)[C@H]1CC(=O)n2c(nc3ccccc32)N1. The van der Waals surface area contributed by atoms with Crippen LogP contribution in [0.15, 0.2) is 78.9 Å². The summed E-state index contributed by atoms with van der Waals surface area (Å²) in [5, 5.41) is 5.92. The van der Waals surface area contributed by atoms with Crippen molar-refractivity contribution in [3.63, 3.8) is 0 Å². The zero-order chi connectivity index (χ0) is 20.5. The lowest BCUT2D eigenvalue weighted by Gasteiger charge is -2.23. The second kappa shape index (κ2) is 7.36. The standard InChI is InChI=1S/C23H18N4O3/c28-21-14-19(26-23-25-18-8-4-5-9-20(18)27(21)23)22(29)24-15-10-12-17(13-11-15)30-16-6-2-1-3-7-16/h1-13,19H,14H2,(H,24,29)(H,25,26)/t19-/m1/s1. The van der Waals surface area contributed by atoms with E-state index in [1.165, 1.54) is 4.57 Å². The summed E-state index contributed by atoms with van der Waals surface area (Å²) in [5.74, 6) is 1.34. The molecule has 7 heteroatoms. The molecule has 4 aromatic rings. The van der Waals surface area contributed by atoms with E-state index < -0.39 is 6.04 Å². The average Bonchev–Trinajstić information content (AvgIpc) is 3.15. The molecule has 0 saturated carbocycles. The number of hydrogen-bond acceptors (Lipinski definition) is 5. The van der Waals surface area contributed by atoms with Crippen molar-refractivity contribution in [3.8, 4) is 11.5 Å². The lowest BCUT2D eigenvalue weighted by atomic mass is 10.1. The van der Waals surface area contributed by atoms with Gasteiger partial charge in [-0.2, -0.15) is 0 Å². The molecular weight excluding hydrogens is 380 g/mol. The quantitative estimate of drug-likeness (QED) is 0.536. The molecule has 1 aliphatic heterocycles. The van der Waals surface area contributed by atoms with Crippen molar-refractivity contribution >= 4 is 34.5 Å². The number of benzene rings is 3. The Kier molecular flexibility index (Phi) is 4.40. The van der Waals surface area contributed by atoms with Gasteiger partial charge in [0.15, 0.2) is 0 Å². The Hall–Kier alpha value is -4.13. The van der Waals surface area contributed by atoms with E-state index in [1.807, 2.05) is 54.6 Å². The van der Waals surface area contributed by atoms with Crippen molar-refractivity contribution in [1.82, 2.24) is 9.55 Å². The molecule has 0 spiro atoms. The number of aromatic nitrogens is 2. The highest BCUT2D eigenvalue weighted by molar-refractivity contribution is 6.04. The highest BCUT2D eigenvalue weighted by atomic mass is 16.5. The molecule has 2 N–H and O–H groups in total. The Morgan fingerprint density at radius 3 is 2.47 bits per heavy atom. The first-order chi connectivity index (χ1) is 14.7. The van der Waals surface area contributed by atoms with Crippen LogP contribution in [0.1, 0.15) is 11.2 Å². The summed E-state index contributed by atoms with van der Waals surface area (Å²) in [5.41, 5.74) is 2.06. The van der Waals surface area contributed by atoms with Crippen molar-refractivity contribution < 1.29 is 14.3 Å². The number of nitrogens with one attached hydrogen (secondary N) is 2. The fourth-order valence-electron chi connectivity index (χ4n) is 3.47. The second-order valence-corrected chi connectivity index (χ2v) is 6.98. The number of nitrogens with zero attached hydrogens (tertiary/aromatic N) is 2. The number of para-hydroxylation sites is 3.